The van der Waals surface area contributed by atoms with E-state index in [1.165, 1.54) is 30.3 Å². The maximum absolute atomic E-state index is 13.7. The third-order valence-electron chi connectivity index (χ3n) is 3.07. The molecule has 106 valence electrons. The lowest BCUT2D eigenvalue weighted by molar-refractivity contribution is 0.101. The van der Waals surface area contributed by atoms with Crippen LogP contribution in [0.15, 0.2) is 36.1 Å². The van der Waals surface area contributed by atoms with Crippen molar-refractivity contribution in [2.75, 3.05) is 0 Å². The minimum atomic E-state index is -0.602. The predicted octanol–water partition coefficient (Wildman–Crippen LogP) is 3.51. The van der Waals surface area contributed by atoms with Crippen LogP contribution in [-0.4, -0.2) is 16.0 Å². The highest BCUT2D eigenvalue weighted by Gasteiger charge is 2.31. The van der Waals surface area contributed by atoms with E-state index in [4.69, 9.17) is 16.3 Å². The van der Waals surface area contributed by atoms with Crippen molar-refractivity contribution in [2.45, 2.75) is 0 Å². The van der Waals surface area contributed by atoms with Crippen LogP contribution in [0, 0.1) is 5.82 Å². The lowest BCUT2D eigenvalue weighted by Gasteiger charge is -2.03. The summed E-state index contributed by atoms with van der Waals surface area (Å²) in [6, 6.07) is 6.61. The quantitative estimate of drug-likeness (QED) is 0.625. The largest absolute Gasteiger partial charge is 0.504 e. The first-order valence-corrected chi connectivity index (χ1v) is 6.30. The van der Waals surface area contributed by atoms with Gasteiger partial charge in [-0.05, 0) is 30.3 Å². The number of phenolic OH excluding ortho intramolecular Hbond substituents is 2. The monoisotopic (exact) mass is 306 g/mol. The normalized spacial score (nSPS) is 15.1. The number of halogens is 2. The van der Waals surface area contributed by atoms with Gasteiger partial charge in [-0.15, -0.1) is 0 Å². The number of allylic oxidation sites excluding steroid dienone is 1. The molecule has 0 aromatic heterocycles. The standard InChI is InChI=1S/C15H8ClFO4/c16-9-2-1-3-10(17)8(9)6-12-13(19)7-4-5-11(18)14(20)15(7)21-12/h1-6,18,20H/b12-6-. The summed E-state index contributed by atoms with van der Waals surface area (Å²) in [4.78, 5) is 12.1. The average Bonchev–Trinajstić information content (AvgIpc) is 2.76. The van der Waals surface area contributed by atoms with Gasteiger partial charge in [0, 0.05) is 5.56 Å². The Morgan fingerprint density at radius 3 is 2.67 bits per heavy atom. The summed E-state index contributed by atoms with van der Waals surface area (Å²) < 4.78 is 18.9. The molecule has 0 atom stereocenters. The van der Waals surface area contributed by atoms with Crippen LogP contribution in [0.1, 0.15) is 15.9 Å². The fourth-order valence-electron chi connectivity index (χ4n) is 2.01. The Hall–Kier alpha value is -2.53. The summed E-state index contributed by atoms with van der Waals surface area (Å²) in [5, 5.41) is 19.2. The summed E-state index contributed by atoms with van der Waals surface area (Å²) in [6.45, 7) is 0. The molecule has 0 saturated carbocycles. The van der Waals surface area contributed by atoms with Crippen molar-refractivity contribution in [1.29, 1.82) is 0 Å². The molecule has 0 saturated heterocycles. The molecule has 3 rings (SSSR count). The molecule has 0 fully saturated rings. The van der Waals surface area contributed by atoms with E-state index in [9.17, 15) is 19.4 Å². The van der Waals surface area contributed by atoms with Crippen LogP contribution in [0.5, 0.6) is 17.2 Å². The van der Waals surface area contributed by atoms with Crippen LogP contribution in [-0.2, 0) is 0 Å². The molecule has 0 amide bonds. The predicted molar refractivity (Wildman–Crippen MR) is 74.1 cm³/mol. The minimum Gasteiger partial charge on any atom is -0.504 e. The molecule has 1 heterocycles. The van der Waals surface area contributed by atoms with Crippen molar-refractivity contribution in [3.63, 3.8) is 0 Å². The van der Waals surface area contributed by atoms with E-state index >= 15 is 0 Å². The number of phenols is 2. The van der Waals surface area contributed by atoms with Gasteiger partial charge in [-0.2, -0.15) is 0 Å². The number of ketones is 1. The lowest BCUT2D eigenvalue weighted by Crippen LogP contribution is -1.99. The Bertz CT molecular complexity index is 778. The molecule has 2 N–H and O–H groups in total. The van der Waals surface area contributed by atoms with Crippen LogP contribution in [0.25, 0.3) is 6.08 Å². The van der Waals surface area contributed by atoms with E-state index in [0.29, 0.717) is 0 Å². The highest BCUT2D eigenvalue weighted by molar-refractivity contribution is 6.32. The number of fused-ring (bicyclic) bond motifs is 1. The van der Waals surface area contributed by atoms with Crippen molar-refractivity contribution < 1.29 is 24.1 Å². The molecular weight excluding hydrogens is 299 g/mol. The summed E-state index contributed by atoms with van der Waals surface area (Å²) in [7, 11) is 0. The second-order valence-electron chi connectivity index (χ2n) is 4.39. The van der Waals surface area contributed by atoms with Gasteiger partial charge in [-0.25, -0.2) is 4.39 Å². The fraction of sp³-hybridized carbons (Fsp3) is 0. The molecule has 0 spiro atoms. The molecule has 0 radical (unpaired) electrons. The van der Waals surface area contributed by atoms with Gasteiger partial charge in [0.1, 0.15) is 5.82 Å². The summed E-state index contributed by atoms with van der Waals surface area (Å²) >= 11 is 5.88. The third kappa shape index (κ3) is 2.11. The van der Waals surface area contributed by atoms with Crippen molar-refractivity contribution in [2.24, 2.45) is 0 Å². The van der Waals surface area contributed by atoms with E-state index in [0.717, 1.165) is 6.08 Å². The van der Waals surface area contributed by atoms with Gasteiger partial charge in [0.2, 0.25) is 11.5 Å². The highest BCUT2D eigenvalue weighted by atomic mass is 35.5. The molecule has 0 unspecified atom stereocenters. The van der Waals surface area contributed by atoms with Gasteiger partial charge >= 0.3 is 0 Å². The molecule has 6 heteroatoms. The molecule has 21 heavy (non-hydrogen) atoms. The minimum absolute atomic E-state index is 0.0130. The smallest absolute Gasteiger partial charge is 0.232 e. The number of hydrogen-bond acceptors (Lipinski definition) is 4. The average molecular weight is 307 g/mol. The number of Topliss-reactive ketones (excluding diaryl/α,β-unsaturated/α-hetero) is 1. The zero-order valence-corrected chi connectivity index (χ0v) is 11.2. The molecule has 2 aromatic carbocycles. The molecule has 4 nitrogen and oxygen atoms in total. The topological polar surface area (TPSA) is 66.8 Å². The zero-order valence-electron chi connectivity index (χ0n) is 10.4. The number of aromatic hydroxyl groups is 2. The van der Waals surface area contributed by atoms with Crippen molar-refractivity contribution in [3.8, 4) is 17.2 Å². The third-order valence-corrected chi connectivity index (χ3v) is 3.40. The van der Waals surface area contributed by atoms with E-state index in [2.05, 4.69) is 0 Å². The van der Waals surface area contributed by atoms with E-state index in [-0.39, 0.29) is 27.7 Å². The number of carbonyl (C=O) groups excluding carboxylic acids is 1. The van der Waals surface area contributed by atoms with Crippen LogP contribution in [0.3, 0.4) is 0 Å². The number of benzene rings is 2. The van der Waals surface area contributed by atoms with Gasteiger partial charge in [-0.1, -0.05) is 17.7 Å². The molecule has 1 aliphatic heterocycles. The fourth-order valence-corrected chi connectivity index (χ4v) is 2.22. The Labute approximate surface area is 123 Å². The van der Waals surface area contributed by atoms with Gasteiger partial charge < -0.3 is 14.9 Å². The lowest BCUT2D eigenvalue weighted by atomic mass is 10.1. The van der Waals surface area contributed by atoms with Crippen molar-refractivity contribution >= 4 is 23.5 Å². The summed E-state index contributed by atoms with van der Waals surface area (Å²) in [6.07, 6.45) is 1.16. The van der Waals surface area contributed by atoms with Crippen LogP contribution in [0.4, 0.5) is 4.39 Å². The Kier molecular flexibility index (Phi) is 3.07. The molecule has 2 aromatic rings. The SMILES string of the molecule is O=C1/C(=C/c2c(F)cccc2Cl)Oc2c1ccc(O)c2O. The first-order chi connectivity index (χ1) is 9.99. The molecule has 0 bridgehead atoms. The molecule has 0 aliphatic carbocycles. The first kappa shape index (κ1) is 13.5. The second kappa shape index (κ2) is 4.79. The van der Waals surface area contributed by atoms with Crippen molar-refractivity contribution in [3.05, 3.63) is 58.1 Å². The van der Waals surface area contributed by atoms with Crippen LogP contribution in [0.2, 0.25) is 5.02 Å². The van der Waals surface area contributed by atoms with Gasteiger partial charge in [0.15, 0.2) is 17.3 Å². The Morgan fingerprint density at radius 2 is 1.95 bits per heavy atom. The highest BCUT2D eigenvalue weighted by Crippen LogP contribution is 2.44. The van der Waals surface area contributed by atoms with Crippen molar-refractivity contribution in [1.82, 2.24) is 0 Å². The number of rotatable bonds is 1. The summed E-state index contributed by atoms with van der Waals surface area (Å²) in [5.74, 6) is -2.42. The number of ether oxygens (including phenoxy) is 1. The number of carbonyl (C=O) groups is 1. The Morgan fingerprint density at radius 1 is 1.19 bits per heavy atom. The summed E-state index contributed by atoms with van der Waals surface area (Å²) in [5.41, 5.74) is 0.100. The van der Waals surface area contributed by atoms with Crippen LogP contribution < -0.4 is 4.74 Å². The van der Waals surface area contributed by atoms with Gasteiger partial charge in [-0.3, -0.25) is 4.79 Å². The van der Waals surface area contributed by atoms with E-state index in [1.807, 2.05) is 0 Å². The maximum Gasteiger partial charge on any atom is 0.232 e. The van der Waals surface area contributed by atoms with E-state index < -0.39 is 23.1 Å². The van der Waals surface area contributed by atoms with Gasteiger partial charge in [0.25, 0.3) is 0 Å². The first-order valence-electron chi connectivity index (χ1n) is 5.92. The van der Waals surface area contributed by atoms with Crippen LogP contribution >= 0.6 is 11.6 Å². The van der Waals surface area contributed by atoms with E-state index in [1.54, 1.807) is 0 Å². The molecular formula is C15H8ClFO4. The Balaban J connectivity index is 2.10. The second-order valence-corrected chi connectivity index (χ2v) is 4.79. The molecule has 1 aliphatic rings. The number of hydrogen-bond donors (Lipinski definition) is 2. The zero-order chi connectivity index (χ0) is 15.1. The maximum atomic E-state index is 13.7. The van der Waals surface area contributed by atoms with Gasteiger partial charge in [0.05, 0.1) is 10.6 Å².